The molecular formula is C11H21. The number of unbranched alkanes of at least 4 members (excludes halogenated alkanes) is 3. The van der Waals surface area contributed by atoms with Crippen LogP contribution < -0.4 is 0 Å². The van der Waals surface area contributed by atoms with Crippen molar-refractivity contribution in [2.75, 3.05) is 0 Å². The van der Waals surface area contributed by atoms with Gasteiger partial charge < -0.3 is 0 Å². The zero-order chi connectivity index (χ0) is 8.74. The number of hydrogen-bond donors (Lipinski definition) is 0. The average Bonchev–Trinajstić information content (AvgIpc) is 1.85. The number of rotatable bonds is 4. The molecule has 0 atom stereocenters. The lowest BCUT2D eigenvalue weighted by Gasteiger charge is -2.10. The summed E-state index contributed by atoms with van der Waals surface area (Å²) in [6.45, 7) is 10.5. The molecule has 0 saturated carbocycles. The molecule has 0 N–H and O–H groups in total. The molecule has 65 valence electrons. The van der Waals surface area contributed by atoms with E-state index in [9.17, 15) is 0 Å². The minimum absolute atomic E-state index is 0.352. The largest absolute Gasteiger partial charge is 0.0880 e. The van der Waals surface area contributed by atoms with Crippen molar-refractivity contribution >= 4 is 0 Å². The first kappa shape index (κ1) is 10.7. The highest BCUT2D eigenvalue weighted by Crippen LogP contribution is 2.15. The fourth-order valence-electron chi connectivity index (χ4n) is 0.876. The molecule has 1 radical (unpaired) electrons. The molecule has 0 heteroatoms. The molecule has 0 unspecified atom stereocenters. The van der Waals surface area contributed by atoms with E-state index in [0.29, 0.717) is 5.41 Å². The quantitative estimate of drug-likeness (QED) is 0.423. The van der Waals surface area contributed by atoms with Gasteiger partial charge in [-0.25, -0.2) is 0 Å². The predicted molar refractivity (Wildman–Crippen MR) is 52.4 cm³/mol. The van der Waals surface area contributed by atoms with Crippen LogP contribution in [0.1, 0.15) is 46.5 Å². The summed E-state index contributed by atoms with van der Waals surface area (Å²) in [5.41, 5.74) is 0.352. The highest BCUT2D eigenvalue weighted by Gasteiger charge is 2.02. The van der Waals surface area contributed by atoms with Gasteiger partial charge in [0.25, 0.3) is 0 Å². The second-order valence-corrected chi connectivity index (χ2v) is 4.12. The third-order valence-electron chi connectivity index (χ3n) is 1.49. The Morgan fingerprint density at radius 1 is 1.18 bits per heavy atom. The van der Waals surface area contributed by atoms with Gasteiger partial charge >= 0.3 is 0 Å². The van der Waals surface area contributed by atoms with Crippen molar-refractivity contribution in [1.29, 1.82) is 0 Å². The maximum atomic E-state index is 3.81. The summed E-state index contributed by atoms with van der Waals surface area (Å²) in [5.74, 6) is 0. The van der Waals surface area contributed by atoms with Crippen LogP contribution in [0.3, 0.4) is 0 Å². The summed E-state index contributed by atoms with van der Waals surface area (Å²) in [5, 5.41) is 0. The molecule has 0 nitrogen and oxygen atoms in total. The van der Waals surface area contributed by atoms with Crippen molar-refractivity contribution in [1.82, 2.24) is 0 Å². The molecule has 0 spiro atoms. The molecule has 0 heterocycles. The van der Waals surface area contributed by atoms with Gasteiger partial charge in [-0.05, 0) is 18.3 Å². The third kappa shape index (κ3) is 9.74. The van der Waals surface area contributed by atoms with Gasteiger partial charge in [-0.2, -0.15) is 0 Å². The van der Waals surface area contributed by atoms with Crippen LogP contribution in [0.25, 0.3) is 0 Å². The van der Waals surface area contributed by atoms with Crippen LogP contribution in [0.2, 0.25) is 0 Å². The summed E-state index contributed by atoms with van der Waals surface area (Å²) in [4.78, 5) is 0. The summed E-state index contributed by atoms with van der Waals surface area (Å²) in [6.07, 6.45) is 9.41. The van der Waals surface area contributed by atoms with Gasteiger partial charge in [0.15, 0.2) is 0 Å². The van der Waals surface area contributed by atoms with Gasteiger partial charge in [0.2, 0.25) is 0 Å². The van der Waals surface area contributed by atoms with Crippen LogP contribution in [0.5, 0.6) is 0 Å². The van der Waals surface area contributed by atoms with Crippen molar-refractivity contribution in [2.24, 2.45) is 5.41 Å². The zero-order valence-corrected chi connectivity index (χ0v) is 8.19. The van der Waals surface area contributed by atoms with Crippen LogP contribution in [0, 0.1) is 12.3 Å². The Bertz CT molecular complexity index is 104. The van der Waals surface area contributed by atoms with Crippen molar-refractivity contribution in [3.63, 3.8) is 0 Å². The zero-order valence-electron chi connectivity index (χ0n) is 8.19. The minimum atomic E-state index is 0.352. The number of hydrogen-bond acceptors (Lipinski definition) is 0. The van der Waals surface area contributed by atoms with Gasteiger partial charge in [-0.3, -0.25) is 0 Å². The van der Waals surface area contributed by atoms with Gasteiger partial charge in [-0.15, -0.1) is 0 Å². The van der Waals surface area contributed by atoms with Crippen LogP contribution in [0.15, 0.2) is 12.2 Å². The topological polar surface area (TPSA) is 0 Å². The fourth-order valence-corrected chi connectivity index (χ4v) is 0.876. The van der Waals surface area contributed by atoms with E-state index in [2.05, 4.69) is 39.8 Å². The molecule has 0 aliphatic carbocycles. The van der Waals surface area contributed by atoms with Crippen molar-refractivity contribution < 1.29 is 0 Å². The SMILES string of the molecule is [CH2]CCCC/C=C/C(C)(C)C. The van der Waals surface area contributed by atoms with Gasteiger partial charge in [0.05, 0.1) is 0 Å². The van der Waals surface area contributed by atoms with Crippen molar-refractivity contribution in [3.8, 4) is 0 Å². The Balaban J connectivity index is 3.30. The summed E-state index contributed by atoms with van der Waals surface area (Å²) >= 11 is 0. The van der Waals surface area contributed by atoms with E-state index in [0.717, 1.165) is 6.42 Å². The fraction of sp³-hybridized carbons (Fsp3) is 0.727. The lowest BCUT2D eigenvalue weighted by Crippen LogP contribution is -1.97. The van der Waals surface area contributed by atoms with Crippen LogP contribution in [0.4, 0.5) is 0 Å². The molecule has 0 saturated heterocycles. The van der Waals surface area contributed by atoms with Crippen molar-refractivity contribution in [3.05, 3.63) is 19.1 Å². The molecule has 0 rings (SSSR count). The van der Waals surface area contributed by atoms with E-state index in [-0.39, 0.29) is 0 Å². The van der Waals surface area contributed by atoms with Crippen LogP contribution >= 0.6 is 0 Å². The number of allylic oxidation sites excluding steroid dienone is 2. The Hall–Kier alpha value is -0.260. The first-order valence-corrected chi connectivity index (χ1v) is 4.53. The Labute approximate surface area is 71.7 Å². The Morgan fingerprint density at radius 3 is 2.27 bits per heavy atom. The first-order valence-electron chi connectivity index (χ1n) is 4.53. The van der Waals surface area contributed by atoms with E-state index >= 15 is 0 Å². The maximum Gasteiger partial charge on any atom is -0.0203 e. The summed E-state index contributed by atoms with van der Waals surface area (Å²) in [6, 6.07) is 0. The first-order chi connectivity index (χ1) is 5.06. The second kappa shape index (κ2) is 5.40. The molecule has 0 amide bonds. The normalized spacial score (nSPS) is 12.7. The van der Waals surface area contributed by atoms with Crippen LogP contribution in [-0.4, -0.2) is 0 Å². The van der Waals surface area contributed by atoms with E-state index in [1.54, 1.807) is 0 Å². The van der Waals surface area contributed by atoms with Gasteiger partial charge in [-0.1, -0.05) is 52.7 Å². The highest BCUT2D eigenvalue weighted by atomic mass is 14.1. The monoisotopic (exact) mass is 153 g/mol. The Kier molecular flexibility index (Phi) is 5.27. The molecule has 0 aromatic rings. The molecule has 0 aliphatic heterocycles. The molecular weight excluding hydrogens is 132 g/mol. The molecule has 0 aliphatic rings. The van der Waals surface area contributed by atoms with Gasteiger partial charge in [0, 0.05) is 0 Å². The third-order valence-corrected chi connectivity index (χ3v) is 1.49. The summed E-state index contributed by atoms with van der Waals surface area (Å²) < 4.78 is 0. The van der Waals surface area contributed by atoms with Crippen LogP contribution in [-0.2, 0) is 0 Å². The lowest BCUT2D eigenvalue weighted by atomic mass is 9.96. The van der Waals surface area contributed by atoms with E-state index in [1.165, 1.54) is 19.3 Å². The standard InChI is InChI=1S/C11H21/c1-5-6-7-8-9-10-11(2,3)4/h9-10H,1,5-8H2,2-4H3/b10-9+. The Morgan fingerprint density at radius 2 is 1.82 bits per heavy atom. The van der Waals surface area contributed by atoms with Crippen molar-refractivity contribution in [2.45, 2.75) is 46.5 Å². The summed E-state index contributed by atoms with van der Waals surface area (Å²) in [7, 11) is 0. The molecule has 11 heavy (non-hydrogen) atoms. The lowest BCUT2D eigenvalue weighted by molar-refractivity contribution is 0.541. The maximum absolute atomic E-state index is 3.81. The average molecular weight is 153 g/mol. The second-order valence-electron chi connectivity index (χ2n) is 4.12. The van der Waals surface area contributed by atoms with E-state index in [1.807, 2.05) is 0 Å². The highest BCUT2D eigenvalue weighted by molar-refractivity contribution is 4.91. The molecule has 0 aromatic carbocycles. The molecule has 0 aromatic heterocycles. The van der Waals surface area contributed by atoms with E-state index < -0.39 is 0 Å². The van der Waals surface area contributed by atoms with E-state index in [4.69, 9.17) is 0 Å². The smallest absolute Gasteiger partial charge is 0.0203 e. The molecule has 0 fully saturated rings. The predicted octanol–water partition coefficient (Wildman–Crippen LogP) is 3.98. The molecule has 0 bridgehead atoms. The van der Waals surface area contributed by atoms with Gasteiger partial charge in [0.1, 0.15) is 0 Å². The minimum Gasteiger partial charge on any atom is -0.0880 e.